The van der Waals surface area contributed by atoms with E-state index in [9.17, 15) is 0 Å². The number of furan rings is 1. The van der Waals surface area contributed by atoms with Gasteiger partial charge in [-0.15, -0.1) is 0 Å². The van der Waals surface area contributed by atoms with E-state index in [1.165, 1.54) is 10.8 Å². The first-order valence-corrected chi connectivity index (χ1v) is 11.1. The number of hydrogen-bond donors (Lipinski definition) is 1. The van der Waals surface area contributed by atoms with Crippen LogP contribution in [0.15, 0.2) is 120 Å². The summed E-state index contributed by atoms with van der Waals surface area (Å²) < 4.78 is 6.17. The molecule has 33 heavy (non-hydrogen) atoms. The topological polar surface area (TPSA) is 32.2 Å². The van der Waals surface area contributed by atoms with Crippen LogP contribution in [0.2, 0.25) is 0 Å². The van der Waals surface area contributed by atoms with E-state index in [2.05, 4.69) is 113 Å². The zero-order chi connectivity index (χ0) is 21.8. The van der Waals surface area contributed by atoms with Crippen molar-refractivity contribution in [3.63, 3.8) is 0 Å². The van der Waals surface area contributed by atoms with E-state index in [1.54, 1.807) is 0 Å². The number of benzene rings is 5. The number of fused-ring (bicyclic) bond motifs is 7. The smallest absolute Gasteiger partial charge is 0.136 e. The summed E-state index contributed by atoms with van der Waals surface area (Å²) in [5.74, 6) is 0. The number of anilines is 3. The lowest BCUT2D eigenvalue weighted by molar-refractivity contribution is 0.669. The first-order valence-electron chi connectivity index (χ1n) is 11.1. The first kappa shape index (κ1) is 18.1. The van der Waals surface area contributed by atoms with Crippen LogP contribution in [0.3, 0.4) is 0 Å². The molecule has 0 aliphatic heterocycles. The van der Waals surface area contributed by atoms with Crippen LogP contribution in [-0.2, 0) is 0 Å². The van der Waals surface area contributed by atoms with Crippen molar-refractivity contribution < 1.29 is 4.42 Å². The van der Waals surface area contributed by atoms with Gasteiger partial charge in [0.25, 0.3) is 0 Å². The second-order valence-corrected chi connectivity index (χ2v) is 8.32. The summed E-state index contributed by atoms with van der Waals surface area (Å²) in [5, 5.41) is 4.71. The average Bonchev–Trinajstić information content (AvgIpc) is 3.43. The highest BCUT2D eigenvalue weighted by Crippen LogP contribution is 2.41. The highest BCUT2D eigenvalue weighted by molar-refractivity contribution is 6.27. The maximum absolute atomic E-state index is 6.17. The fraction of sp³-hybridized carbons (Fsp3) is 0. The third-order valence-corrected chi connectivity index (χ3v) is 6.37. The zero-order valence-electron chi connectivity index (χ0n) is 17.8. The molecule has 2 heterocycles. The van der Waals surface area contributed by atoms with Gasteiger partial charge in [-0.3, -0.25) is 0 Å². The Morgan fingerprint density at radius 2 is 1.15 bits per heavy atom. The minimum atomic E-state index is 0.915. The lowest BCUT2D eigenvalue weighted by Crippen LogP contribution is -2.09. The molecule has 0 aliphatic carbocycles. The average molecular weight is 425 g/mol. The largest absolute Gasteiger partial charge is 0.456 e. The number of H-pyrrole nitrogens is 1. The predicted octanol–water partition coefficient (Wildman–Crippen LogP) is 8.69. The standard InChI is InChI=1S/C30H20N2O/c1-3-9-20(10-4-1)32(21-11-5-2-6-12-21)22-15-16-25-24(19-22)29-26(31-25)17-18-28-30(29)23-13-7-8-14-27(23)33-28/h1-19,31H. The van der Waals surface area contributed by atoms with Crippen LogP contribution in [0.4, 0.5) is 17.1 Å². The molecule has 0 saturated heterocycles. The van der Waals surface area contributed by atoms with Crippen molar-refractivity contribution in [3.8, 4) is 0 Å². The molecule has 3 heteroatoms. The first-order chi connectivity index (χ1) is 16.4. The van der Waals surface area contributed by atoms with Crippen LogP contribution < -0.4 is 4.90 Å². The van der Waals surface area contributed by atoms with E-state index in [4.69, 9.17) is 4.42 Å². The summed E-state index contributed by atoms with van der Waals surface area (Å²) in [6.07, 6.45) is 0. The summed E-state index contributed by atoms with van der Waals surface area (Å²) in [4.78, 5) is 5.91. The Hall–Kier alpha value is -4.50. The quantitative estimate of drug-likeness (QED) is 0.308. The maximum Gasteiger partial charge on any atom is 0.136 e. The van der Waals surface area contributed by atoms with Gasteiger partial charge in [-0.25, -0.2) is 0 Å². The molecular weight excluding hydrogens is 404 g/mol. The Balaban J connectivity index is 1.55. The summed E-state index contributed by atoms with van der Waals surface area (Å²) in [6, 6.07) is 40.1. The molecule has 0 saturated carbocycles. The minimum Gasteiger partial charge on any atom is -0.456 e. The lowest BCUT2D eigenvalue weighted by atomic mass is 10.0. The molecule has 0 radical (unpaired) electrons. The van der Waals surface area contributed by atoms with Crippen molar-refractivity contribution in [2.24, 2.45) is 0 Å². The van der Waals surface area contributed by atoms with Crippen molar-refractivity contribution in [1.82, 2.24) is 4.98 Å². The zero-order valence-corrected chi connectivity index (χ0v) is 17.8. The van der Waals surface area contributed by atoms with Crippen LogP contribution in [0.25, 0.3) is 43.7 Å². The van der Waals surface area contributed by atoms with E-state index in [-0.39, 0.29) is 0 Å². The number of nitrogens with one attached hydrogen (secondary N) is 1. The molecule has 7 aromatic rings. The van der Waals surface area contributed by atoms with E-state index in [0.717, 1.165) is 50.0 Å². The van der Waals surface area contributed by atoms with E-state index < -0.39 is 0 Å². The summed E-state index contributed by atoms with van der Waals surface area (Å²) in [7, 11) is 0. The van der Waals surface area contributed by atoms with Gasteiger partial charge in [-0.2, -0.15) is 0 Å². The number of hydrogen-bond acceptors (Lipinski definition) is 2. The SMILES string of the molecule is c1ccc(N(c2ccccc2)c2ccc3[nH]c4ccc5oc6ccccc6c5c4c3c2)cc1. The van der Waals surface area contributed by atoms with Crippen molar-refractivity contribution in [1.29, 1.82) is 0 Å². The van der Waals surface area contributed by atoms with Crippen LogP contribution in [0, 0.1) is 0 Å². The van der Waals surface area contributed by atoms with E-state index in [0.29, 0.717) is 0 Å². The second kappa shape index (κ2) is 7.01. The normalized spacial score (nSPS) is 11.6. The monoisotopic (exact) mass is 424 g/mol. The van der Waals surface area contributed by atoms with Gasteiger partial charge in [0.2, 0.25) is 0 Å². The second-order valence-electron chi connectivity index (χ2n) is 8.32. The molecule has 156 valence electrons. The van der Waals surface area contributed by atoms with Gasteiger partial charge in [0.05, 0.1) is 0 Å². The molecule has 0 atom stereocenters. The number of aromatic amines is 1. The number of para-hydroxylation sites is 3. The molecule has 3 nitrogen and oxygen atoms in total. The fourth-order valence-corrected chi connectivity index (χ4v) is 4.93. The highest BCUT2D eigenvalue weighted by atomic mass is 16.3. The van der Waals surface area contributed by atoms with Crippen LogP contribution in [0.5, 0.6) is 0 Å². The van der Waals surface area contributed by atoms with E-state index >= 15 is 0 Å². The van der Waals surface area contributed by atoms with E-state index in [1.807, 2.05) is 12.1 Å². The maximum atomic E-state index is 6.17. The Morgan fingerprint density at radius 3 is 1.91 bits per heavy atom. The molecule has 0 unspecified atom stereocenters. The van der Waals surface area contributed by atoms with Crippen molar-refractivity contribution in [2.75, 3.05) is 4.90 Å². The molecule has 0 spiro atoms. The number of aromatic nitrogens is 1. The number of rotatable bonds is 3. The van der Waals surface area contributed by atoms with Crippen molar-refractivity contribution >= 4 is 60.8 Å². The molecule has 2 aromatic heterocycles. The van der Waals surface area contributed by atoms with Gasteiger partial charge in [-0.05, 0) is 60.7 Å². The Bertz CT molecular complexity index is 1720. The molecular formula is C30H20N2O. The van der Waals surface area contributed by atoms with Gasteiger partial charge in [0.15, 0.2) is 0 Å². The number of nitrogens with zero attached hydrogens (tertiary/aromatic N) is 1. The molecule has 1 N–H and O–H groups in total. The molecule has 7 rings (SSSR count). The van der Waals surface area contributed by atoms with Gasteiger partial charge in [0.1, 0.15) is 11.2 Å². The van der Waals surface area contributed by atoms with Crippen LogP contribution in [0.1, 0.15) is 0 Å². The van der Waals surface area contributed by atoms with Gasteiger partial charge in [-0.1, -0.05) is 54.6 Å². The Labute approximate surface area is 190 Å². The van der Waals surface area contributed by atoms with Crippen LogP contribution in [-0.4, -0.2) is 4.98 Å². The third kappa shape index (κ3) is 2.76. The molecule has 0 fully saturated rings. The predicted molar refractivity (Wildman–Crippen MR) is 138 cm³/mol. The Kier molecular flexibility index (Phi) is 3.84. The van der Waals surface area contributed by atoms with Gasteiger partial charge < -0.3 is 14.3 Å². The van der Waals surface area contributed by atoms with Gasteiger partial charge in [0, 0.05) is 49.6 Å². The lowest BCUT2D eigenvalue weighted by Gasteiger charge is -2.25. The molecule has 5 aromatic carbocycles. The van der Waals surface area contributed by atoms with Crippen LogP contribution >= 0.6 is 0 Å². The van der Waals surface area contributed by atoms with Crippen molar-refractivity contribution in [3.05, 3.63) is 115 Å². The summed E-state index contributed by atoms with van der Waals surface area (Å²) in [6.45, 7) is 0. The Morgan fingerprint density at radius 1 is 0.485 bits per heavy atom. The minimum absolute atomic E-state index is 0.915. The fourth-order valence-electron chi connectivity index (χ4n) is 4.93. The molecule has 0 amide bonds. The molecule has 0 bridgehead atoms. The molecule has 0 aliphatic rings. The summed E-state index contributed by atoms with van der Waals surface area (Å²) in [5.41, 5.74) is 7.44. The van der Waals surface area contributed by atoms with Crippen molar-refractivity contribution in [2.45, 2.75) is 0 Å². The summed E-state index contributed by atoms with van der Waals surface area (Å²) >= 11 is 0. The van der Waals surface area contributed by atoms with Gasteiger partial charge >= 0.3 is 0 Å². The highest BCUT2D eigenvalue weighted by Gasteiger charge is 2.17. The third-order valence-electron chi connectivity index (χ3n) is 6.37.